The van der Waals surface area contributed by atoms with Crippen molar-refractivity contribution in [1.82, 2.24) is 34.8 Å². The lowest BCUT2D eigenvalue weighted by atomic mass is 10.2. The number of aromatic nitrogens is 6. The molecule has 3 heterocycles. The highest BCUT2D eigenvalue weighted by molar-refractivity contribution is 9.10. The molecule has 0 aliphatic carbocycles. The molecule has 0 aliphatic rings. The van der Waals surface area contributed by atoms with Crippen molar-refractivity contribution in [1.29, 1.82) is 0 Å². The van der Waals surface area contributed by atoms with Gasteiger partial charge in [-0.05, 0) is 17.7 Å². The second-order valence-electron chi connectivity index (χ2n) is 5.42. The summed E-state index contributed by atoms with van der Waals surface area (Å²) in [4.78, 5) is 14.3. The van der Waals surface area contributed by atoms with E-state index in [9.17, 15) is 0 Å². The molecule has 3 aromatic heterocycles. The lowest BCUT2D eigenvalue weighted by Crippen LogP contribution is -2.12. The van der Waals surface area contributed by atoms with E-state index in [0.717, 1.165) is 21.1 Å². The third kappa shape index (κ3) is 2.99. The minimum atomic E-state index is 0.193. The standard InChI is InChI=1S/C16H14BrN7O/c1-10(11-3-5-12(17)6-4-11)22-25-8-14-20-16-13-7-19-23(2)15(13)18-9-24(16)21-14/h3-7,9,22H,1,8H2,2H3. The molecule has 0 amide bonds. The summed E-state index contributed by atoms with van der Waals surface area (Å²) >= 11 is 3.40. The topological polar surface area (TPSA) is 82.2 Å². The minimum absolute atomic E-state index is 0.193. The summed E-state index contributed by atoms with van der Waals surface area (Å²) < 4.78 is 4.32. The monoisotopic (exact) mass is 399 g/mol. The highest BCUT2D eigenvalue weighted by Crippen LogP contribution is 2.16. The van der Waals surface area contributed by atoms with Crippen molar-refractivity contribution >= 4 is 38.3 Å². The van der Waals surface area contributed by atoms with Crippen LogP contribution in [0.5, 0.6) is 0 Å². The zero-order valence-corrected chi connectivity index (χ0v) is 14.9. The molecule has 0 saturated heterocycles. The van der Waals surface area contributed by atoms with Crippen molar-refractivity contribution in [2.24, 2.45) is 7.05 Å². The van der Waals surface area contributed by atoms with Crippen molar-refractivity contribution in [2.75, 3.05) is 0 Å². The van der Waals surface area contributed by atoms with E-state index in [0.29, 0.717) is 17.2 Å². The van der Waals surface area contributed by atoms with Gasteiger partial charge in [0.05, 0.1) is 17.3 Å². The maximum absolute atomic E-state index is 5.47. The fraction of sp³-hybridized carbons (Fsp3) is 0.125. The van der Waals surface area contributed by atoms with Gasteiger partial charge in [0.15, 0.2) is 17.1 Å². The van der Waals surface area contributed by atoms with Gasteiger partial charge in [-0.15, -0.1) is 5.10 Å². The van der Waals surface area contributed by atoms with Crippen molar-refractivity contribution in [2.45, 2.75) is 6.61 Å². The van der Waals surface area contributed by atoms with E-state index in [-0.39, 0.29) is 6.61 Å². The Morgan fingerprint density at radius 2 is 2.08 bits per heavy atom. The van der Waals surface area contributed by atoms with Crippen LogP contribution in [-0.4, -0.2) is 29.4 Å². The molecule has 4 rings (SSSR count). The molecule has 0 radical (unpaired) electrons. The zero-order valence-electron chi connectivity index (χ0n) is 13.3. The van der Waals surface area contributed by atoms with Crippen LogP contribution in [0.3, 0.4) is 0 Å². The Morgan fingerprint density at radius 1 is 1.28 bits per heavy atom. The van der Waals surface area contributed by atoms with E-state index >= 15 is 0 Å². The van der Waals surface area contributed by atoms with Crippen molar-refractivity contribution in [3.8, 4) is 0 Å². The van der Waals surface area contributed by atoms with E-state index in [4.69, 9.17) is 4.84 Å². The molecule has 9 heteroatoms. The van der Waals surface area contributed by atoms with Crippen molar-refractivity contribution in [3.05, 3.63) is 59.2 Å². The van der Waals surface area contributed by atoms with Crippen molar-refractivity contribution in [3.63, 3.8) is 0 Å². The molecule has 1 aromatic carbocycles. The number of hydrogen-bond acceptors (Lipinski definition) is 6. The third-order valence-corrected chi connectivity index (χ3v) is 4.23. The molecular weight excluding hydrogens is 386 g/mol. The smallest absolute Gasteiger partial charge is 0.180 e. The Kier molecular flexibility index (Phi) is 3.94. The molecule has 0 fully saturated rings. The maximum atomic E-state index is 5.47. The van der Waals surface area contributed by atoms with E-state index < -0.39 is 0 Å². The lowest BCUT2D eigenvalue weighted by Gasteiger charge is -2.08. The highest BCUT2D eigenvalue weighted by atomic mass is 79.9. The van der Waals surface area contributed by atoms with Crippen LogP contribution in [0.4, 0.5) is 0 Å². The van der Waals surface area contributed by atoms with Gasteiger partial charge in [0.1, 0.15) is 12.9 Å². The van der Waals surface area contributed by atoms with E-state index in [1.165, 1.54) is 0 Å². The lowest BCUT2D eigenvalue weighted by molar-refractivity contribution is 0.0603. The predicted molar refractivity (Wildman–Crippen MR) is 96.2 cm³/mol. The van der Waals surface area contributed by atoms with Gasteiger partial charge in [0.25, 0.3) is 0 Å². The molecule has 0 aliphatic heterocycles. The summed E-state index contributed by atoms with van der Waals surface area (Å²) in [6, 6.07) is 7.77. The number of halogens is 1. The second kappa shape index (κ2) is 6.26. The highest BCUT2D eigenvalue weighted by Gasteiger charge is 2.11. The Balaban J connectivity index is 1.47. The van der Waals surface area contributed by atoms with Crippen LogP contribution in [-0.2, 0) is 18.5 Å². The Bertz CT molecular complexity index is 1070. The van der Waals surface area contributed by atoms with Gasteiger partial charge < -0.3 is 0 Å². The van der Waals surface area contributed by atoms with Gasteiger partial charge in [-0.25, -0.2) is 14.5 Å². The fourth-order valence-corrected chi connectivity index (χ4v) is 2.71. The number of hydrogen-bond donors (Lipinski definition) is 1. The number of nitrogens with zero attached hydrogens (tertiary/aromatic N) is 6. The average molecular weight is 400 g/mol. The summed E-state index contributed by atoms with van der Waals surface area (Å²) in [6.45, 7) is 4.15. The van der Waals surface area contributed by atoms with Crippen LogP contribution in [0.2, 0.25) is 0 Å². The molecule has 4 aromatic rings. The first-order valence-corrected chi connectivity index (χ1v) is 8.26. The first-order valence-electron chi connectivity index (χ1n) is 7.46. The summed E-state index contributed by atoms with van der Waals surface area (Å²) in [7, 11) is 1.84. The quantitative estimate of drug-likeness (QED) is 0.519. The Morgan fingerprint density at radius 3 is 2.88 bits per heavy atom. The predicted octanol–water partition coefficient (Wildman–Crippen LogP) is 2.47. The van der Waals surface area contributed by atoms with Crippen LogP contribution >= 0.6 is 15.9 Å². The molecule has 0 saturated carbocycles. The molecule has 126 valence electrons. The molecule has 25 heavy (non-hydrogen) atoms. The number of fused-ring (bicyclic) bond motifs is 3. The molecule has 1 N–H and O–H groups in total. The number of aryl methyl sites for hydroxylation is 1. The third-order valence-electron chi connectivity index (χ3n) is 3.70. The molecular formula is C16H14BrN7O. The number of nitrogens with one attached hydrogen (secondary N) is 1. The van der Waals surface area contributed by atoms with Crippen LogP contribution in [0.1, 0.15) is 11.4 Å². The number of benzene rings is 1. The second-order valence-corrected chi connectivity index (χ2v) is 6.34. The molecule has 8 nitrogen and oxygen atoms in total. The number of hydroxylamine groups is 1. The first-order chi connectivity index (χ1) is 12.1. The van der Waals surface area contributed by atoms with Crippen LogP contribution in [0.15, 0.2) is 47.8 Å². The van der Waals surface area contributed by atoms with Crippen molar-refractivity contribution < 1.29 is 4.84 Å². The number of rotatable bonds is 5. The largest absolute Gasteiger partial charge is 0.268 e. The fourth-order valence-electron chi connectivity index (χ4n) is 2.44. The van der Waals surface area contributed by atoms with E-state index in [1.807, 2.05) is 31.3 Å². The van der Waals surface area contributed by atoms with E-state index in [2.05, 4.69) is 48.2 Å². The Labute approximate surface area is 151 Å². The zero-order chi connectivity index (χ0) is 17.4. The summed E-state index contributed by atoms with van der Waals surface area (Å²) in [5, 5.41) is 9.40. The summed E-state index contributed by atoms with van der Waals surface area (Å²) in [6.07, 6.45) is 3.34. The van der Waals surface area contributed by atoms with Crippen LogP contribution in [0.25, 0.3) is 22.4 Å². The normalized spacial score (nSPS) is 11.3. The SMILES string of the molecule is C=C(NOCc1nc2c3cnn(C)c3ncn2n1)c1ccc(Br)cc1. The van der Waals surface area contributed by atoms with E-state index in [1.54, 1.807) is 21.7 Å². The molecule has 0 spiro atoms. The Hall–Kier alpha value is -2.78. The molecule has 0 atom stereocenters. The average Bonchev–Trinajstić information content (AvgIpc) is 3.18. The van der Waals surface area contributed by atoms with Gasteiger partial charge in [-0.3, -0.25) is 15.0 Å². The van der Waals surface area contributed by atoms with Gasteiger partial charge in [0, 0.05) is 11.5 Å². The van der Waals surface area contributed by atoms with Crippen LogP contribution in [0, 0.1) is 0 Å². The maximum Gasteiger partial charge on any atom is 0.180 e. The summed E-state index contributed by atoms with van der Waals surface area (Å²) in [5.41, 5.74) is 5.87. The first kappa shape index (κ1) is 15.7. The van der Waals surface area contributed by atoms with Gasteiger partial charge in [-0.1, -0.05) is 34.6 Å². The summed E-state index contributed by atoms with van der Waals surface area (Å²) in [5.74, 6) is 0.536. The van der Waals surface area contributed by atoms with Gasteiger partial charge >= 0.3 is 0 Å². The van der Waals surface area contributed by atoms with Gasteiger partial charge in [0.2, 0.25) is 0 Å². The van der Waals surface area contributed by atoms with Gasteiger partial charge in [-0.2, -0.15) is 5.10 Å². The molecule has 0 bridgehead atoms. The van der Waals surface area contributed by atoms with Crippen LogP contribution < -0.4 is 5.48 Å². The molecule has 0 unspecified atom stereocenters. The minimum Gasteiger partial charge on any atom is -0.268 e.